The van der Waals surface area contributed by atoms with Crippen LogP contribution >= 0.6 is 12.2 Å². The lowest BCUT2D eigenvalue weighted by Crippen LogP contribution is -2.39. The summed E-state index contributed by atoms with van der Waals surface area (Å²) < 4.78 is 12.8. The van der Waals surface area contributed by atoms with E-state index in [-0.39, 0.29) is 10.7 Å². The third-order valence-corrected chi connectivity index (χ3v) is 1.97. The fraction of sp³-hybridized carbons (Fsp3) is 0.0909. The van der Waals surface area contributed by atoms with Gasteiger partial charge in [0.25, 0.3) is 5.91 Å². The minimum Gasteiger partial charge on any atom is -0.359 e. The molecule has 0 aromatic heterocycles. The van der Waals surface area contributed by atoms with Gasteiger partial charge in [-0.25, -0.2) is 4.39 Å². The smallest absolute Gasteiger partial charge is 0.257 e. The fourth-order valence-electron chi connectivity index (χ4n) is 1.01. The second-order valence-electron chi connectivity index (χ2n) is 2.96. The molecule has 0 saturated carbocycles. The van der Waals surface area contributed by atoms with E-state index in [2.05, 4.69) is 17.2 Å². The van der Waals surface area contributed by atoms with Crippen molar-refractivity contribution in [3.63, 3.8) is 0 Å². The summed E-state index contributed by atoms with van der Waals surface area (Å²) in [4.78, 5) is 11.5. The molecule has 2 N–H and O–H groups in total. The zero-order valence-electron chi connectivity index (χ0n) is 8.50. The maximum atomic E-state index is 12.8. The molecule has 16 heavy (non-hydrogen) atoms. The van der Waals surface area contributed by atoms with Gasteiger partial charge in [-0.15, -0.1) is 6.58 Å². The molecular formula is C11H11FN2OS. The third kappa shape index (κ3) is 3.78. The van der Waals surface area contributed by atoms with E-state index in [1.165, 1.54) is 18.2 Å². The largest absolute Gasteiger partial charge is 0.359 e. The van der Waals surface area contributed by atoms with Crippen molar-refractivity contribution in [2.75, 3.05) is 6.54 Å². The lowest BCUT2D eigenvalue weighted by molar-refractivity contribution is 0.0976. The molecule has 0 bridgehead atoms. The number of thiocarbonyl (C=S) groups is 1. The van der Waals surface area contributed by atoms with E-state index >= 15 is 0 Å². The fourth-order valence-corrected chi connectivity index (χ4v) is 1.19. The standard InChI is InChI=1S/C11H11FN2OS/c1-2-6-13-11(16)14-10(15)8-4-3-5-9(12)7-8/h2-5,7H,1,6H2,(H2,13,14,15,16). The van der Waals surface area contributed by atoms with Gasteiger partial charge in [0.1, 0.15) is 5.82 Å². The Morgan fingerprint density at radius 2 is 2.31 bits per heavy atom. The summed E-state index contributed by atoms with van der Waals surface area (Å²) in [5.41, 5.74) is 0.225. The maximum absolute atomic E-state index is 12.8. The Hall–Kier alpha value is -1.75. The van der Waals surface area contributed by atoms with Crippen LogP contribution in [-0.2, 0) is 0 Å². The molecule has 1 aromatic rings. The molecule has 3 nitrogen and oxygen atoms in total. The second kappa shape index (κ2) is 5.97. The van der Waals surface area contributed by atoms with Crippen molar-refractivity contribution in [1.29, 1.82) is 0 Å². The Morgan fingerprint density at radius 1 is 1.56 bits per heavy atom. The minimum absolute atomic E-state index is 0.189. The topological polar surface area (TPSA) is 41.1 Å². The number of benzene rings is 1. The van der Waals surface area contributed by atoms with Gasteiger partial charge >= 0.3 is 0 Å². The van der Waals surface area contributed by atoms with Gasteiger partial charge in [-0.2, -0.15) is 0 Å². The molecule has 0 aliphatic heterocycles. The van der Waals surface area contributed by atoms with Crippen LogP contribution in [-0.4, -0.2) is 17.6 Å². The molecule has 0 atom stereocenters. The van der Waals surface area contributed by atoms with Crippen molar-refractivity contribution in [1.82, 2.24) is 10.6 Å². The number of rotatable bonds is 3. The lowest BCUT2D eigenvalue weighted by atomic mass is 10.2. The molecule has 5 heteroatoms. The molecule has 1 rings (SSSR count). The Bertz CT molecular complexity index is 420. The average Bonchev–Trinajstić information content (AvgIpc) is 2.26. The molecule has 0 spiro atoms. The first-order valence-electron chi connectivity index (χ1n) is 4.59. The lowest BCUT2D eigenvalue weighted by Gasteiger charge is -2.07. The molecule has 0 fully saturated rings. The van der Waals surface area contributed by atoms with Gasteiger partial charge in [0.15, 0.2) is 5.11 Å². The van der Waals surface area contributed by atoms with Crippen LogP contribution in [0.2, 0.25) is 0 Å². The van der Waals surface area contributed by atoms with Gasteiger partial charge in [-0.1, -0.05) is 12.1 Å². The first-order valence-corrected chi connectivity index (χ1v) is 5.00. The molecule has 0 heterocycles. The second-order valence-corrected chi connectivity index (χ2v) is 3.37. The number of hydrogen-bond acceptors (Lipinski definition) is 2. The van der Waals surface area contributed by atoms with Crippen LogP contribution < -0.4 is 10.6 Å². The highest BCUT2D eigenvalue weighted by Gasteiger charge is 2.07. The summed E-state index contributed by atoms with van der Waals surface area (Å²) in [6.45, 7) is 3.96. The van der Waals surface area contributed by atoms with E-state index in [9.17, 15) is 9.18 Å². The summed E-state index contributed by atoms with van der Waals surface area (Å²) in [6.07, 6.45) is 1.61. The normalized spacial score (nSPS) is 9.31. The number of hydrogen-bond donors (Lipinski definition) is 2. The van der Waals surface area contributed by atoms with Crippen LogP contribution in [0.15, 0.2) is 36.9 Å². The van der Waals surface area contributed by atoms with Crippen LogP contribution in [0.5, 0.6) is 0 Å². The van der Waals surface area contributed by atoms with Crippen LogP contribution in [0, 0.1) is 5.82 Å². The van der Waals surface area contributed by atoms with E-state index in [1.54, 1.807) is 6.08 Å². The van der Waals surface area contributed by atoms with Crippen LogP contribution in [0.1, 0.15) is 10.4 Å². The summed E-state index contributed by atoms with van der Waals surface area (Å²) in [6, 6.07) is 5.38. The van der Waals surface area contributed by atoms with Gasteiger partial charge in [0, 0.05) is 12.1 Å². The number of halogens is 1. The molecule has 0 aliphatic carbocycles. The predicted octanol–water partition coefficient (Wildman–Crippen LogP) is 1.62. The van der Waals surface area contributed by atoms with Crippen LogP contribution in [0.3, 0.4) is 0 Å². The SMILES string of the molecule is C=CCNC(=S)NC(=O)c1cccc(F)c1. The zero-order valence-corrected chi connectivity index (χ0v) is 9.31. The third-order valence-electron chi connectivity index (χ3n) is 1.72. The van der Waals surface area contributed by atoms with E-state index in [1.807, 2.05) is 0 Å². The minimum atomic E-state index is -0.461. The first kappa shape index (κ1) is 12.3. The summed E-state index contributed by atoms with van der Waals surface area (Å²) in [7, 11) is 0. The quantitative estimate of drug-likeness (QED) is 0.621. The highest BCUT2D eigenvalue weighted by atomic mass is 32.1. The Kier molecular flexibility index (Phi) is 4.60. The zero-order chi connectivity index (χ0) is 12.0. The summed E-state index contributed by atoms with van der Waals surface area (Å²) >= 11 is 4.84. The van der Waals surface area contributed by atoms with Gasteiger partial charge in [0.05, 0.1) is 0 Å². The predicted molar refractivity (Wildman–Crippen MR) is 64.7 cm³/mol. The van der Waals surface area contributed by atoms with Crippen molar-refractivity contribution in [2.24, 2.45) is 0 Å². The Morgan fingerprint density at radius 3 is 2.94 bits per heavy atom. The van der Waals surface area contributed by atoms with Crippen molar-refractivity contribution in [3.05, 3.63) is 48.3 Å². The summed E-state index contributed by atoms with van der Waals surface area (Å²) in [5.74, 6) is -0.904. The monoisotopic (exact) mass is 238 g/mol. The number of carbonyl (C=O) groups is 1. The van der Waals surface area contributed by atoms with Crippen LogP contribution in [0.25, 0.3) is 0 Å². The number of nitrogens with one attached hydrogen (secondary N) is 2. The van der Waals surface area contributed by atoms with E-state index < -0.39 is 11.7 Å². The highest BCUT2D eigenvalue weighted by Crippen LogP contribution is 2.02. The molecule has 1 amide bonds. The molecule has 84 valence electrons. The van der Waals surface area contributed by atoms with Gasteiger partial charge in [0.2, 0.25) is 0 Å². The highest BCUT2D eigenvalue weighted by molar-refractivity contribution is 7.80. The van der Waals surface area contributed by atoms with Gasteiger partial charge < -0.3 is 5.32 Å². The van der Waals surface area contributed by atoms with Crippen molar-refractivity contribution < 1.29 is 9.18 Å². The van der Waals surface area contributed by atoms with Crippen molar-refractivity contribution >= 4 is 23.2 Å². The number of amides is 1. The van der Waals surface area contributed by atoms with Gasteiger partial charge in [-0.05, 0) is 30.4 Å². The van der Waals surface area contributed by atoms with Crippen molar-refractivity contribution in [2.45, 2.75) is 0 Å². The average molecular weight is 238 g/mol. The van der Waals surface area contributed by atoms with Crippen molar-refractivity contribution in [3.8, 4) is 0 Å². The molecule has 1 aromatic carbocycles. The molecule has 0 radical (unpaired) electrons. The Balaban J connectivity index is 2.58. The van der Waals surface area contributed by atoms with Crippen LogP contribution in [0.4, 0.5) is 4.39 Å². The Labute approximate surface area is 98.4 Å². The van der Waals surface area contributed by atoms with E-state index in [0.717, 1.165) is 6.07 Å². The molecule has 0 unspecified atom stereocenters. The molecule has 0 saturated heterocycles. The number of carbonyl (C=O) groups excluding carboxylic acids is 1. The van der Waals surface area contributed by atoms with E-state index in [4.69, 9.17) is 12.2 Å². The maximum Gasteiger partial charge on any atom is 0.257 e. The summed E-state index contributed by atoms with van der Waals surface area (Å²) in [5, 5.41) is 5.35. The first-order chi connectivity index (χ1) is 7.63. The van der Waals surface area contributed by atoms with E-state index in [0.29, 0.717) is 6.54 Å². The molecular weight excluding hydrogens is 227 g/mol. The molecule has 0 aliphatic rings. The van der Waals surface area contributed by atoms with Gasteiger partial charge in [-0.3, -0.25) is 10.1 Å².